The molecular formula is C19H32O3Si. The third-order valence-electron chi connectivity index (χ3n) is 4.55. The van der Waals surface area contributed by atoms with Crippen LogP contribution in [0.15, 0.2) is 24.3 Å². The quantitative estimate of drug-likeness (QED) is 0.490. The van der Waals surface area contributed by atoms with Crippen molar-refractivity contribution in [3.8, 4) is 0 Å². The van der Waals surface area contributed by atoms with Crippen LogP contribution in [0, 0.1) is 0 Å². The molecule has 0 aliphatic carbocycles. The molecule has 4 heteroatoms. The predicted octanol–water partition coefficient (Wildman–Crippen LogP) is 5.09. The Kier molecular flexibility index (Phi) is 7.48. The second-order valence-electron chi connectivity index (χ2n) is 7.53. The Morgan fingerprint density at radius 3 is 2.43 bits per heavy atom. The molecule has 23 heavy (non-hydrogen) atoms. The van der Waals surface area contributed by atoms with Gasteiger partial charge < -0.3 is 9.16 Å². The van der Waals surface area contributed by atoms with Crippen LogP contribution in [0.2, 0.25) is 18.1 Å². The molecule has 0 spiro atoms. The van der Waals surface area contributed by atoms with E-state index >= 15 is 0 Å². The van der Waals surface area contributed by atoms with Crippen LogP contribution < -0.4 is 0 Å². The molecule has 0 atom stereocenters. The number of hydrogen-bond donors (Lipinski definition) is 0. The summed E-state index contributed by atoms with van der Waals surface area (Å²) in [7, 11) is -1.72. The van der Waals surface area contributed by atoms with Crippen molar-refractivity contribution in [1.29, 1.82) is 0 Å². The fourth-order valence-electron chi connectivity index (χ4n) is 2.03. The largest absolute Gasteiger partial charge is 0.466 e. The molecule has 0 aliphatic heterocycles. The van der Waals surface area contributed by atoms with Crippen LogP contribution in [-0.4, -0.2) is 20.9 Å². The van der Waals surface area contributed by atoms with Crippen LogP contribution in [0.1, 0.15) is 51.7 Å². The Bertz CT molecular complexity index is 504. The average Bonchev–Trinajstić information content (AvgIpc) is 2.45. The zero-order chi connectivity index (χ0) is 17.5. The second-order valence-corrected chi connectivity index (χ2v) is 12.3. The van der Waals surface area contributed by atoms with Gasteiger partial charge in [0.15, 0.2) is 8.32 Å². The summed E-state index contributed by atoms with van der Waals surface area (Å²) >= 11 is 0. The molecular weight excluding hydrogens is 304 g/mol. The molecule has 130 valence electrons. The summed E-state index contributed by atoms with van der Waals surface area (Å²) in [5.41, 5.74) is 2.47. The molecule has 0 heterocycles. The highest BCUT2D eigenvalue weighted by atomic mass is 28.4. The Morgan fingerprint density at radius 2 is 1.83 bits per heavy atom. The van der Waals surface area contributed by atoms with Gasteiger partial charge in [0, 0.05) is 6.42 Å². The number of hydrogen-bond acceptors (Lipinski definition) is 3. The van der Waals surface area contributed by atoms with E-state index in [9.17, 15) is 4.79 Å². The summed E-state index contributed by atoms with van der Waals surface area (Å²) in [5.74, 6) is -0.107. The lowest BCUT2D eigenvalue weighted by Crippen LogP contribution is -2.40. The summed E-state index contributed by atoms with van der Waals surface area (Å²) in [5, 5.41) is 0.226. The zero-order valence-corrected chi connectivity index (χ0v) is 16.6. The van der Waals surface area contributed by atoms with Crippen molar-refractivity contribution in [2.45, 2.75) is 71.7 Å². The molecule has 0 unspecified atom stereocenters. The van der Waals surface area contributed by atoms with Gasteiger partial charge in [0.25, 0.3) is 0 Å². The van der Waals surface area contributed by atoms with Crippen molar-refractivity contribution < 1.29 is 14.0 Å². The van der Waals surface area contributed by atoms with E-state index in [1.807, 2.05) is 6.92 Å². The molecule has 0 aliphatic rings. The second kappa shape index (κ2) is 8.64. The lowest BCUT2D eigenvalue weighted by Gasteiger charge is -2.36. The summed E-state index contributed by atoms with van der Waals surface area (Å²) in [4.78, 5) is 11.4. The number of aryl methyl sites for hydroxylation is 1. The van der Waals surface area contributed by atoms with E-state index in [-0.39, 0.29) is 11.0 Å². The van der Waals surface area contributed by atoms with Crippen molar-refractivity contribution >= 4 is 14.3 Å². The van der Waals surface area contributed by atoms with E-state index in [1.165, 1.54) is 11.1 Å². The number of esters is 1. The van der Waals surface area contributed by atoms with Gasteiger partial charge in [0.1, 0.15) is 0 Å². The molecule has 0 N–H and O–H groups in total. The molecule has 0 radical (unpaired) electrons. The number of carbonyl (C=O) groups is 1. The van der Waals surface area contributed by atoms with Gasteiger partial charge in [-0.05, 0) is 49.0 Å². The summed E-state index contributed by atoms with van der Waals surface area (Å²) in [6.45, 7) is 14.3. The maximum atomic E-state index is 11.4. The lowest BCUT2D eigenvalue weighted by molar-refractivity contribution is -0.143. The van der Waals surface area contributed by atoms with Crippen LogP contribution in [0.5, 0.6) is 0 Å². The maximum Gasteiger partial charge on any atom is 0.305 e. The van der Waals surface area contributed by atoms with Crippen molar-refractivity contribution in [1.82, 2.24) is 0 Å². The van der Waals surface area contributed by atoms with Gasteiger partial charge in [-0.25, -0.2) is 0 Å². The molecule has 1 rings (SSSR count). The molecule has 0 aromatic heterocycles. The number of carbonyl (C=O) groups excluding carboxylic acids is 1. The molecule has 0 bridgehead atoms. The third kappa shape index (κ3) is 6.88. The average molecular weight is 337 g/mol. The lowest BCUT2D eigenvalue weighted by atomic mass is 10.1. The molecule has 0 fully saturated rings. The first-order chi connectivity index (χ1) is 10.7. The standard InChI is InChI=1S/C19H32O3Si/c1-7-21-18(20)13-9-11-16-10-8-12-17(14-16)15-22-23(5,6)19(2,3)4/h8,10,12,14H,7,9,11,13,15H2,1-6H3. The first-order valence-electron chi connectivity index (χ1n) is 8.53. The van der Waals surface area contributed by atoms with Crippen LogP contribution in [-0.2, 0) is 27.0 Å². The van der Waals surface area contributed by atoms with E-state index in [1.54, 1.807) is 0 Å². The monoisotopic (exact) mass is 336 g/mol. The van der Waals surface area contributed by atoms with Gasteiger partial charge in [-0.1, -0.05) is 45.0 Å². The normalized spacial score (nSPS) is 12.3. The van der Waals surface area contributed by atoms with Crippen LogP contribution in [0.3, 0.4) is 0 Å². The van der Waals surface area contributed by atoms with Gasteiger partial charge >= 0.3 is 5.97 Å². The van der Waals surface area contributed by atoms with E-state index in [0.29, 0.717) is 19.6 Å². The molecule has 1 aromatic rings. The van der Waals surface area contributed by atoms with Gasteiger partial charge in [-0.15, -0.1) is 0 Å². The highest BCUT2D eigenvalue weighted by molar-refractivity contribution is 6.74. The smallest absolute Gasteiger partial charge is 0.305 e. The first kappa shape index (κ1) is 19.9. The third-order valence-corrected chi connectivity index (χ3v) is 9.03. The summed E-state index contributed by atoms with van der Waals surface area (Å²) < 4.78 is 11.2. The van der Waals surface area contributed by atoms with Gasteiger partial charge in [0.05, 0.1) is 13.2 Å². The SMILES string of the molecule is CCOC(=O)CCCc1cccc(CO[Si](C)(C)C(C)(C)C)c1. The molecule has 1 aromatic carbocycles. The minimum absolute atomic E-state index is 0.107. The van der Waals surface area contributed by atoms with Crippen molar-refractivity contribution in [2.75, 3.05) is 6.61 Å². The van der Waals surface area contributed by atoms with E-state index in [4.69, 9.17) is 9.16 Å². The fourth-order valence-corrected chi connectivity index (χ4v) is 2.99. The predicted molar refractivity (Wildman–Crippen MR) is 98.0 cm³/mol. The highest BCUT2D eigenvalue weighted by Crippen LogP contribution is 2.37. The highest BCUT2D eigenvalue weighted by Gasteiger charge is 2.36. The van der Waals surface area contributed by atoms with Crippen molar-refractivity contribution in [3.05, 3.63) is 35.4 Å². The molecule has 0 saturated carbocycles. The van der Waals surface area contributed by atoms with Gasteiger partial charge in [0.2, 0.25) is 0 Å². The number of benzene rings is 1. The molecule has 0 amide bonds. The number of rotatable bonds is 8. The molecule has 3 nitrogen and oxygen atoms in total. The Hall–Kier alpha value is -1.13. The van der Waals surface area contributed by atoms with E-state index in [0.717, 1.165) is 12.8 Å². The fraction of sp³-hybridized carbons (Fsp3) is 0.632. The van der Waals surface area contributed by atoms with E-state index in [2.05, 4.69) is 58.1 Å². The maximum absolute atomic E-state index is 11.4. The van der Waals surface area contributed by atoms with Gasteiger partial charge in [-0.2, -0.15) is 0 Å². The van der Waals surface area contributed by atoms with Crippen molar-refractivity contribution in [2.24, 2.45) is 0 Å². The van der Waals surface area contributed by atoms with Crippen LogP contribution in [0.25, 0.3) is 0 Å². The van der Waals surface area contributed by atoms with Gasteiger partial charge in [-0.3, -0.25) is 4.79 Å². The Labute approximate surface area is 142 Å². The summed E-state index contributed by atoms with van der Waals surface area (Å²) in [6.07, 6.45) is 2.21. The topological polar surface area (TPSA) is 35.5 Å². The zero-order valence-electron chi connectivity index (χ0n) is 15.6. The number of ether oxygens (including phenoxy) is 1. The molecule has 0 saturated heterocycles. The first-order valence-corrected chi connectivity index (χ1v) is 11.4. The van der Waals surface area contributed by atoms with Crippen molar-refractivity contribution in [3.63, 3.8) is 0 Å². The minimum atomic E-state index is -1.72. The van der Waals surface area contributed by atoms with Crippen LogP contribution >= 0.6 is 0 Å². The summed E-state index contributed by atoms with van der Waals surface area (Å²) in [6, 6.07) is 8.49. The Morgan fingerprint density at radius 1 is 1.17 bits per heavy atom. The van der Waals surface area contributed by atoms with E-state index < -0.39 is 8.32 Å². The van der Waals surface area contributed by atoms with Crippen LogP contribution in [0.4, 0.5) is 0 Å². The minimum Gasteiger partial charge on any atom is -0.466 e. The Balaban J connectivity index is 2.52.